The molecule has 1 rings (SSSR count). The van der Waals surface area contributed by atoms with E-state index in [4.69, 9.17) is 11.5 Å². The van der Waals surface area contributed by atoms with Gasteiger partial charge in [-0.1, -0.05) is 15.9 Å². The quantitative estimate of drug-likeness (QED) is 0.682. The van der Waals surface area contributed by atoms with Crippen molar-refractivity contribution < 1.29 is 9.90 Å². The summed E-state index contributed by atoms with van der Waals surface area (Å²) >= 11 is 3.20. The minimum atomic E-state index is -1.48. The maximum absolute atomic E-state index is 10.9. The summed E-state index contributed by atoms with van der Waals surface area (Å²) < 4.78 is 0.648. The maximum atomic E-state index is 10.9. The molecule has 0 spiro atoms. The van der Waals surface area contributed by atoms with Crippen molar-refractivity contribution in [3.8, 4) is 0 Å². The molecule has 14 heavy (non-hydrogen) atoms. The molecule has 0 aromatic heterocycles. The minimum Gasteiger partial charge on any atom is -0.372 e. The third kappa shape index (κ3) is 2.54. The Morgan fingerprint density at radius 1 is 1.50 bits per heavy atom. The monoisotopic (exact) mass is 258 g/mol. The Hall–Kier alpha value is -0.910. The average Bonchev–Trinajstić information content (AvgIpc) is 2.01. The molecular weight excluding hydrogens is 248 g/mol. The zero-order valence-electron chi connectivity index (χ0n) is 7.62. The highest BCUT2D eigenvalue weighted by atomic mass is 79.9. The van der Waals surface area contributed by atoms with E-state index in [9.17, 15) is 9.90 Å². The summed E-state index contributed by atoms with van der Waals surface area (Å²) in [5.74, 6) is -0.559. The first-order valence-electron chi connectivity index (χ1n) is 3.93. The number of aliphatic hydroxyl groups is 1. The largest absolute Gasteiger partial charge is 0.372 e. The SMILES string of the molecule is CC(N)(O)c1cc(Br)cc(C(N)=O)c1. The molecule has 4 nitrogen and oxygen atoms in total. The van der Waals surface area contributed by atoms with Crippen LogP contribution in [0.1, 0.15) is 22.8 Å². The fourth-order valence-corrected chi connectivity index (χ4v) is 1.52. The van der Waals surface area contributed by atoms with E-state index in [2.05, 4.69) is 15.9 Å². The number of rotatable bonds is 2. The van der Waals surface area contributed by atoms with Crippen molar-refractivity contribution in [2.75, 3.05) is 0 Å². The molecule has 0 fully saturated rings. The summed E-state index contributed by atoms with van der Waals surface area (Å²) in [6.45, 7) is 1.43. The molecule has 0 bridgehead atoms. The lowest BCUT2D eigenvalue weighted by atomic mass is 10.0. The Balaban J connectivity index is 3.28. The van der Waals surface area contributed by atoms with Crippen LogP contribution in [0.25, 0.3) is 0 Å². The number of benzene rings is 1. The van der Waals surface area contributed by atoms with Crippen molar-refractivity contribution in [2.45, 2.75) is 12.6 Å². The number of primary amides is 1. The van der Waals surface area contributed by atoms with Gasteiger partial charge in [0.1, 0.15) is 5.72 Å². The van der Waals surface area contributed by atoms with Gasteiger partial charge in [0, 0.05) is 10.0 Å². The van der Waals surface area contributed by atoms with E-state index in [-0.39, 0.29) is 0 Å². The molecule has 0 radical (unpaired) electrons. The smallest absolute Gasteiger partial charge is 0.248 e. The van der Waals surface area contributed by atoms with Gasteiger partial charge in [-0.2, -0.15) is 0 Å². The standard InChI is InChI=1S/C9H11BrN2O2/c1-9(12,14)6-2-5(8(11)13)3-7(10)4-6/h2-4,14H,12H2,1H3,(H2,11,13). The lowest BCUT2D eigenvalue weighted by molar-refractivity contribution is 0.0646. The van der Waals surface area contributed by atoms with Crippen LogP contribution in [0, 0.1) is 0 Å². The van der Waals surface area contributed by atoms with E-state index in [0.29, 0.717) is 15.6 Å². The second-order valence-corrected chi connectivity index (χ2v) is 4.16. The second-order valence-electron chi connectivity index (χ2n) is 3.24. The van der Waals surface area contributed by atoms with Gasteiger partial charge < -0.3 is 16.6 Å². The summed E-state index contributed by atoms with van der Waals surface area (Å²) in [6.07, 6.45) is 0. The highest BCUT2D eigenvalue weighted by Gasteiger charge is 2.18. The predicted molar refractivity (Wildman–Crippen MR) is 56.4 cm³/mol. The number of amides is 1. The van der Waals surface area contributed by atoms with Gasteiger partial charge in [-0.25, -0.2) is 0 Å². The number of hydrogen-bond acceptors (Lipinski definition) is 3. The molecule has 76 valence electrons. The van der Waals surface area contributed by atoms with Crippen LogP contribution in [0.15, 0.2) is 22.7 Å². The van der Waals surface area contributed by atoms with Crippen molar-refractivity contribution in [2.24, 2.45) is 11.5 Å². The molecule has 0 aliphatic heterocycles. The van der Waals surface area contributed by atoms with Crippen LogP contribution in [0.4, 0.5) is 0 Å². The van der Waals surface area contributed by atoms with Crippen molar-refractivity contribution in [1.29, 1.82) is 0 Å². The first-order valence-corrected chi connectivity index (χ1v) is 4.72. The molecular formula is C9H11BrN2O2. The number of halogens is 1. The molecule has 0 saturated carbocycles. The minimum absolute atomic E-state index is 0.306. The highest BCUT2D eigenvalue weighted by Crippen LogP contribution is 2.21. The van der Waals surface area contributed by atoms with E-state index in [1.807, 2.05) is 0 Å². The van der Waals surface area contributed by atoms with Crippen LogP contribution < -0.4 is 11.5 Å². The first-order chi connectivity index (χ1) is 6.30. The third-order valence-corrected chi connectivity index (χ3v) is 2.22. The molecule has 1 unspecified atom stereocenters. The topological polar surface area (TPSA) is 89.3 Å². The van der Waals surface area contributed by atoms with E-state index >= 15 is 0 Å². The van der Waals surface area contributed by atoms with Gasteiger partial charge in [-0.15, -0.1) is 0 Å². The van der Waals surface area contributed by atoms with Gasteiger partial charge in [0.2, 0.25) is 5.91 Å². The molecule has 1 amide bonds. The summed E-state index contributed by atoms with van der Waals surface area (Å²) in [5, 5.41) is 9.52. The Labute approximate surface area is 90.0 Å². The lowest BCUT2D eigenvalue weighted by Crippen LogP contribution is -2.32. The molecule has 0 aliphatic rings. The average molecular weight is 259 g/mol. The second kappa shape index (κ2) is 3.68. The van der Waals surface area contributed by atoms with Crippen LogP contribution in [0.5, 0.6) is 0 Å². The molecule has 5 heteroatoms. The van der Waals surface area contributed by atoms with Crippen molar-refractivity contribution in [3.05, 3.63) is 33.8 Å². The van der Waals surface area contributed by atoms with E-state index in [0.717, 1.165) is 0 Å². The Kier molecular flexibility index (Phi) is 2.94. The van der Waals surface area contributed by atoms with Gasteiger partial charge in [0.05, 0.1) is 0 Å². The van der Waals surface area contributed by atoms with Crippen molar-refractivity contribution in [3.63, 3.8) is 0 Å². The number of carbonyl (C=O) groups excluding carboxylic acids is 1. The lowest BCUT2D eigenvalue weighted by Gasteiger charge is -2.18. The molecule has 1 atom stereocenters. The van der Waals surface area contributed by atoms with E-state index in [1.54, 1.807) is 12.1 Å². The molecule has 0 heterocycles. The molecule has 1 aromatic carbocycles. The molecule has 1 aromatic rings. The highest BCUT2D eigenvalue weighted by molar-refractivity contribution is 9.10. The Bertz CT molecular complexity index is 372. The zero-order valence-corrected chi connectivity index (χ0v) is 9.21. The van der Waals surface area contributed by atoms with Crippen LogP contribution in [0.2, 0.25) is 0 Å². The van der Waals surface area contributed by atoms with E-state index < -0.39 is 11.6 Å². The van der Waals surface area contributed by atoms with Crippen molar-refractivity contribution >= 4 is 21.8 Å². The normalized spacial score (nSPS) is 14.9. The Morgan fingerprint density at radius 3 is 2.50 bits per heavy atom. The van der Waals surface area contributed by atoms with Crippen LogP contribution in [-0.4, -0.2) is 11.0 Å². The van der Waals surface area contributed by atoms with Crippen LogP contribution in [0.3, 0.4) is 0 Å². The summed E-state index contributed by atoms with van der Waals surface area (Å²) in [4.78, 5) is 10.9. The van der Waals surface area contributed by atoms with Gasteiger partial charge in [0.25, 0.3) is 0 Å². The van der Waals surface area contributed by atoms with Gasteiger partial charge >= 0.3 is 0 Å². The van der Waals surface area contributed by atoms with Gasteiger partial charge in [0.15, 0.2) is 0 Å². The molecule has 0 saturated heterocycles. The summed E-state index contributed by atoms with van der Waals surface area (Å²) in [6, 6.07) is 4.66. The summed E-state index contributed by atoms with van der Waals surface area (Å²) in [5.41, 5.74) is 9.85. The zero-order chi connectivity index (χ0) is 10.9. The first kappa shape index (κ1) is 11.2. The number of hydrogen-bond donors (Lipinski definition) is 3. The molecule has 0 aliphatic carbocycles. The van der Waals surface area contributed by atoms with Gasteiger partial charge in [-0.05, 0) is 30.7 Å². The maximum Gasteiger partial charge on any atom is 0.248 e. The van der Waals surface area contributed by atoms with E-state index in [1.165, 1.54) is 13.0 Å². The third-order valence-electron chi connectivity index (χ3n) is 1.77. The number of nitrogens with two attached hydrogens (primary N) is 2. The number of carbonyl (C=O) groups is 1. The van der Waals surface area contributed by atoms with Crippen LogP contribution in [-0.2, 0) is 5.72 Å². The summed E-state index contributed by atoms with van der Waals surface area (Å²) in [7, 11) is 0. The Morgan fingerprint density at radius 2 is 2.07 bits per heavy atom. The molecule has 5 N–H and O–H groups in total. The predicted octanol–water partition coefficient (Wildman–Crippen LogP) is 0.672. The van der Waals surface area contributed by atoms with Crippen LogP contribution >= 0.6 is 15.9 Å². The van der Waals surface area contributed by atoms with Crippen molar-refractivity contribution in [1.82, 2.24) is 0 Å². The fourth-order valence-electron chi connectivity index (χ4n) is 1.02. The van der Waals surface area contributed by atoms with Gasteiger partial charge in [-0.3, -0.25) is 4.79 Å². The fraction of sp³-hybridized carbons (Fsp3) is 0.222.